The Kier molecular flexibility index (Phi) is 4.65. The Morgan fingerprint density at radius 3 is 2.80 bits per heavy atom. The van der Waals surface area contributed by atoms with Crippen molar-refractivity contribution in [2.75, 3.05) is 0 Å². The fourth-order valence-corrected chi connectivity index (χ4v) is 2.76. The van der Waals surface area contributed by atoms with Crippen LogP contribution < -0.4 is 10.6 Å². The number of rotatable bonds is 4. The molecule has 4 nitrogen and oxygen atoms in total. The Labute approximate surface area is 120 Å². The zero-order chi connectivity index (χ0) is 14.7. The summed E-state index contributed by atoms with van der Waals surface area (Å²) >= 11 is 0. The Hall–Kier alpha value is -1.55. The maximum Gasteiger partial charge on any atom is 0.237 e. The molecule has 0 fully saturated rings. The lowest BCUT2D eigenvalue weighted by Gasteiger charge is -2.29. The van der Waals surface area contributed by atoms with Crippen molar-refractivity contribution in [2.24, 2.45) is 0 Å². The van der Waals surface area contributed by atoms with Crippen LogP contribution in [0.2, 0.25) is 0 Å². The van der Waals surface area contributed by atoms with Gasteiger partial charge in [0, 0.05) is 12.1 Å². The summed E-state index contributed by atoms with van der Waals surface area (Å²) in [5, 5.41) is 15.9. The first-order chi connectivity index (χ1) is 9.47. The summed E-state index contributed by atoms with van der Waals surface area (Å²) in [6, 6.07) is 5.64. The van der Waals surface area contributed by atoms with E-state index >= 15 is 0 Å². The van der Waals surface area contributed by atoms with Crippen molar-refractivity contribution in [1.29, 1.82) is 0 Å². The highest BCUT2D eigenvalue weighted by atomic mass is 16.3. The second kappa shape index (κ2) is 6.27. The third kappa shape index (κ3) is 3.51. The highest BCUT2D eigenvalue weighted by Crippen LogP contribution is 2.32. The first-order valence-electron chi connectivity index (χ1n) is 7.35. The van der Waals surface area contributed by atoms with Crippen LogP contribution in [0.3, 0.4) is 0 Å². The molecular formula is C16H24N2O2. The molecule has 2 rings (SSSR count). The van der Waals surface area contributed by atoms with Crippen LogP contribution >= 0.6 is 0 Å². The van der Waals surface area contributed by atoms with Crippen molar-refractivity contribution in [3.8, 4) is 5.75 Å². The standard InChI is InChI=1S/C16H24N2O2/c1-10(2)17-16(20)11(3)18-15-6-4-5-12-9-13(19)7-8-14(12)15/h7-11,15,18-19H,4-6H2,1-3H3,(H,17,20). The van der Waals surface area contributed by atoms with E-state index in [2.05, 4.69) is 10.6 Å². The monoisotopic (exact) mass is 276 g/mol. The minimum atomic E-state index is -0.220. The summed E-state index contributed by atoms with van der Waals surface area (Å²) in [7, 11) is 0. The Morgan fingerprint density at radius 1 is 1.35 bits per heavy atom. The smallest absolute Gasteiger partial charge is 0.237 e. The van der Waals surface area contributed by atoms with Gasteiger partial charge >= 0.3 is 0 Å². The van der Waals surface area contributed by atoms with E-state index in [0.29, 0.717) is 5.75 Å². The van der Waals surface area contributed by atoms with Gasteiger partial charge in [-0.2, -0.15) is 0 Å². The molecule has 4 heteroatoms. The van der Waals surface area contributed by atoms with E-state index in [-0.39, 0.29) is 24.0 Å². The highest BCUT2D eigenvalue weighted by molar-refractivity contribution is 5.81. The predicted octanol–water partition coefficient (Wildman–Crippen LogP) is 2.27. The second-order valence-corrected chi connectivity index (χ2v) is 5.88. The molecule has 0 aliphatic heterocycles. The number of nitrogens with one attached hydrogen (secondary N) is 2. The lowest BCUT2D eigenvalue weighted by molar-refractivity contribution is -0.123. The van der Waals surface area contributed by atoms with E-state index in [1.165, 1.54) is 11.1 Å². The normalized spacial score (nSPS) is 19.5. The molecule has 0 bridgehead atoms. The second-order valence-electron chi connectivity index (χ2n) is 5.88. The Morgan fingerprint density at radius 2 is 2.10 bits per heavy atom. The van der Waals surface area contributed by atoms with Crippen molar-refractivity contribution in [3.05, 3.63) is 29.3 Å². The van der Waals surface area contributed by atoms with Crippen LogP contribution in [0, 0.1) is 0 Å². The van der Waals surface area contributed by atoms with Gasteiger partial charge in [-0.3, -0.25) is 10.1 Å². The molecule has 0 radical (unpaired) electrons. The van der Waals surface area contributed by atoms with Gasteiger partial charge in [0.05, 0.1) is 6.04 Å². The van der Waals surface area contributed by atoms with Crippen LogP contribution in [0.1, 0.15) is 50.8 Å². The summed E-state index contributed by atoms with van der Waals surface area (Å²) in [4.78, 5) is 12.0. The average molecular weight is 276 g/mol. The Bertz CT molecular complexity index is 485. The number of carbonyl (C=O) groups excluding carboxylic acids is 1. The van der Waals surface area contributed by atoms with Gasteiger partial charge in [0.15, 0.2) is 0 Å². The number of hydrogen-bond donors (Lipinski definition) is 3. The van der Waals surface area contributed by atoms with Crippen LogP contribution in [0.15, 0.2) is 18.2 Å². The molecule has 0 saturated heterocycles. The molecule has 1 aromatic carbocycles. The summed E-state index contributed by atoms with van der Waals surface area (Å²) in [6.45, 7) is 5.82. The maximum atomic E-state index is 12.0. The Balaban J connectivity index is 2.06. The lowest BCUT2D eigenvalue weighted by Crippen LogP contribution is -2.46. The molecule has 1 aromatic rings. The molecule has 110 valence electrons. The third-order valence-corrected chi connectivity index (χ3v) is 3.72. The zero-order valence-corrected chi connectivity index (χ0v) is 12.4. The van der Waals surface area contributed by atoms with Gasteiger partial charge < -0.3 is 10.4 Å². The van der Waals surface area contributed by atoms with Gasteiger partial charge in [-0.05, 0) is 63.3 Å². The van der Waals surface area contributed by atoms with E-state index < -0.39 is 0 Å². The number of benzene rings is 1. The fraction of sp³-hybridized carbons (Fsp3) is 0.562. The van der Waals surface area contributed by atoms with Gasteiger partial charge in [0.2, 0.25) is 5.91 Å². The molecule has 1 aliphatic carbocycles. The molecule has 0 aromatic heterocycles. The number of phenols is 1. The van der Waals surface area contributed by atoms with Crippen LogP contribution in [-0.4, -0.2) is 23.1 Å². The molecule has 1 aliphatic rings. The van der Waals surface area contributed by atoms with Gasteiger partial charge in [-0.25, -0.2) is 0 Å². The van der Waals surface area contributed by atoms with Crippen LogP contribution in [0.5, 0.6) is 5.75 Å². The number of aromatic hydroxyl groups is 1. The minimum Gasteiger partial charge on any atom is -0.508 e. The number of amides is 1. The van der Waals surface area contributed by atoms with E-state index in [0.717, 1.165) is 19.3 Å². The molecule has 0 heterocycles. The first-order valence-corrected chi connectivity index (χ1v) is 7.35. The molecular weight excluding hydrogens is 252 g/mol. The quantitative estimate of drug-likeness (QED) is 0.790. The van der Waals surface area contributed by atoms with E-state index in [4.69, 9.17) is 0 Å². The maximum absolute atomic E-state index is 12.0. The number of carbonyl (C=O) groups is 1. The van der Waals surface area contributed by atoms with E-state index in [9.17, 15) is 9.90 Å². The zero-order valence-electron chi connectivity index (χ0n) is 12.4. The predicted molar refractivity (Wildman–Crippen MR) is 79.7 cm³/mol. The highest BCUT2D eigenvalue weighted by Gasteiger charge is 2.24. The van der Waals surface area contributed by atoms with Crippen molar-refractivity contribution in [1.82, 2.24) is 10.6 Å². The largest absolute Gasteiger partial charge is 0.508 e. The number of aryl methyl sites for hydroxylation is 1. The average Bonchev–Trinajstić information content (AvgIpc) is 2.37. The van der Waals surface area contributed by atoms with E-state index in [1.807, 2.05) is 32.9 Å². The van der Waals surface area contributed by atoms with Gasteiger partial charge in [-0.1, -0.05) is 6.07 Å². The number of phenolic OH excluding ortho intramolecular Hbond substituents is 1. The van der Waals surface area contributed by atoms with Crippen molar-refractivity contribution in [3.63, 3.8) is 0 Å². The lowest BCUT2D eigenvalue weighted by atomic mass is 9.87. The van der Waals surface area contributed by atoms with Gasteiger partial charge in [-0.15, -0.1) is 0 Å². The van der Waals surface area contributed by atoms with Crippen molar-refractivity contribution in [2.45, 2.75) is 58.2 Å². The van der Waals surface area contributed by atoms with Crippen LogP contribution in [-0.2, 0) is 11.2 Å². The molecule has 0 spiro atoms. The van der Waals surface area contributed by atoms with Crippen molar-refractivity contribution < 1.29 is 9.90 Å². The minimum absolute atomic E-state index is 0.0332. The summed E-state index contributed by atoms with van der Waals surface area (Å²) in [6.07, 6.45) is 3.10. The van der Waals surface area contributed by atoms with Gasteiger partial charge in [0.1, 0.15) is 5.75 Å². The molecule has 20 heavy (non-hydrogen) atoms. The SMILES string of the molecule is CC(C)NC(=O)C(C)NC1CCCc2cc(O)ccc21. The van der Waals surface area contributed by atoms with E-state index in [1.54, 1.807) is 6.07 Å². The summed E-state index contributed by atoms with van der Waals surface area (Å²) in [5.74, 6) is 0.348. The van der Waals surface area contributed by atoms with Crippen molar-refractivity contribution >= 4 is 5.91 Å². The molecule has 0 saturated carbocycles. The number of fused-ring (bicyclic) bond motifs is 1. The van der Waals surface area contributed by atoms with Crippen LogP contribution in [0.4, 0.5) is 0 Å². The third-order valence-electron chi connectivity index (χ3n) is 3.72. The summed E-state index contributed by atoms with van der Waals surface area (Å²) in [5.41, 5.74) is 2.39. The van der Waals surface area contributed by atoms with Gasteiger partial charge in [0.25, 0.3) is 0 Å². The molecule has 3 N–H and O–H groups in total. The van der Waals surface area contributed by atoms with Crippen LogP contribution in [0.25, 0.3) is 0 Å². The number of hydrogen-bond acceptors (Lipinski definition) is 3. The topological polar surface area (TPSA) is 61.4 Å². The fourth-order valence-electron chi connectivity index (χ4n) is 2.76. The molecule has 1 amide bonds. The summed E-state index contributed by atoms with van der Waals surface area (Å²) < 4.78 is 0. The first kappa shape index (κ1) is 14.9. The molecule has 2 unspecified atom stereocenters. The molecule has 2 atom stereocenters.